The van der Waals surface area contributed by atoms with E-state index in [2.05, 4.69) is 30.7 Å². The Morgan fingerprint density at radius 1 is 1.26 bits per heavy atom. The second-order valence-electron chi connectivity index (χ2n) is 8.95. The lowest BCUT2D eigenvalue weighted by Gasteiger charge is -2.53. The number of hydrogen-bond acceptors (Lipinski definition) is 4. The van der Waals surface area contributed by atoms with E-state index >= 15 is 0 Å². The number of hydrogen-bond donors (Lipinski definition) is 1. The minimum absolute atomic E-state index is 0.0983. The fraction of sp³-hybridized carbons (Fsp3) is 0.714. The first-order valence-electron chi connectivity index (χ1n) is 9.63. The fourth-order valence-corrected chi connectivity index (χ4v) is 4.76. The predicted octanol–water partition coefficient (Wildman–Crippen LogP) is 4.83. The monoisotopic (exact) mass is 415 g/mol. The second kappa shape index (κ2) is 9.47. The lowest BCUT2D eigenvalue weighted by atomic mass is 9.57. The fourth-order valence-electron chi connectivity index (χ4n) is 3.70. The Bertz CT molecular complexity index is 582. The van der Waals surface area contributed by atoms with Gasteiger partial charge in [-0.1, -0.05) is 37.6 Å². The molecule has 0 saturated heterocycles. The van der Waals surface area contributed by atoms with Crippen LogP contribution in [0.1, 0.15) is 59.4 Å². The summed E-state index contributed by atoms with van der Waals surface area (Å²) in [7, 11) is 1.64. The number of rotatable bonds is 9. The molecular weight excluding hydrogens is 382 g/mol. The Morgan fingerprint density at radius 2 is 1.85 bits per heavy atom. The average Bonchev–Trinajstić information content (AvgIpc) is 2.53. The molecule has 1 N–H and O–H groups in total. The van der Waals surface area contributed by atoms with Gasteiger partial charge in [-0.25, -0.2) is 0 Å². The molecule has 0 spiro atoms. The van der Waals surface area contributed by atoms with Gasteiger partial charge in [-0.2, -0.15) is 0 Å². The molecule has 1 aromatic carbocycles. The first kappa shape index (κ1) is 23.0. The lowest BCUT2D eigenvalue weighted by molar-refractivity contribution is -0.127. The third-order valence-corrected chi connectivity index (χ3v) is 7.07. The normalized spacial score (nSPS) is 25.3. The summed E-state index contributed by atoms with van der Waals surface area (Å²) >= 11 is 4.99. The number of halogens is 1. The van der Waals surface area contributed by atoms with Gasteiger partial charge in [0.25, 0.3) is 0 Å². The molecule has 0 aromatic heterocycles. The van der Waals surface area contributed by atoms with Gasteiger partial charge in [-0.15, -0.1) is 4.72 Å². The van der Waals surface area contributed by atoms with Gasteiger partial charge in [0.2, 0.25) is 0 Å². The van der Waals surface area contributed by atoms with Crippen LogP contribution in [0, 0.1) is 5.92 Å². The molecule has 1 aliphatic rings. The highest BCUT2D eigenvalue weighted by Crippen LogP contribution is 2.50. The maximum atomic E-state index is 12.9. The molecule has 0 radical (unpaired) electrons. The Balaban J connectivity index is 2.31. The third kappa shape index (κ3) is 5.84. The molecule has 27 heavy (non-hydrogen) atoms. The van der Waals surface area contributed by atoms with Crippen molar-refractivity contribution >= 4 is 23.0 Å². The summed E-state index contributed by atoms with van der Waals surface area (Å²) in [5.74, 6) is 0.489. The van der Waals surface area contributed by atoms with Crippen LogP contribution < -0.4 is 4.72 Å². The molecule has 154 valence electrons. The Morgan fingerprint density at radius 3 is 2.33 bits per heavy atom. The van der Waals surface area contributed by atoms with Crippen molar-refractivity contribution in [1.29, 1.82) is 0 Å². The van der Waals surface area contributed by atoms with E-state index in [1.54, 1.807) is 7.11 Å². The number of nitrogens with one attached hydrogen (secondary N) is 1. The van der Waals surface area contributed by atoms with Crippen LogP contribution in [0.4, 0.5) is 0 Å². The zero-order chi connectivity index (χ0) is 20.2. The van der Waals surface area contributed by atoms with Crippen molar-refractivity contribution in [3.63, 3.8) is 0 Å². The highest BCUT2D eigenvalue weighted by molar-refractivity contribution is 7.90. The van der Waals surface area contributed by atoms with Crippen molar-refractivity contribution in [2.45, 2.75) is 76.2 Å². The molecule has 2 atom stereocenters. The van der Waals surface area contributed by atoms with E-state index < -0.39 is 11.4 Å². The molecule has 4 nitrogen and oxygen atoms in total. The summed E-state index contributed by atoms with van der Waals surface area (Å²) in [5.41, 5.74) is 1.11. The standard InChI is InChI=1S/C21H34ClNO3S/c1-15(2)11-19(23-27(24)20(3,4)5)21(12-18(13-21)26-14-25-6)16-7-9-17(22)10-8-16/h7-10,15,18-19,23H,11-14H2,1-6H3/t18?,19-,21?,27?/m0/s1. The van der Waals surface area contributed by atoms with Crippen LogP contribution in [0.3, 0.4) is 0 Å². The van der Waals surface area contributed by atoms with Gasteiger partial charge >= 0.3 is 0 Å². The summed E-state index contributed by atoms with van der Waals surface area (Å²) < 4.78 is 26.9. The van der Waals surface area contributed by atoms with Crippen LogP contribution in [0.5, 0.6) is 0 Å². The summed E-state index contributed by atoms with van der Waals surface area (Å²) in [4.78, 5) is 0. The number of ether oxygens (including phenoxy) is 2. The SMILES string of the molecule is COCOC1CC(c2ccc(Cl)cc2)([C@H](CC(C)C)N[S+]([O-])C(C)(C)C)C1. The molecule has 1 saturated carbocycles. The van der Waals surface area contributed by atoms with Gasteiger partial charge in [-0.05, 0) is 63.6 Å². The lowest BCUT2D eigenvalue weighted by Crippen LogP contribution is -2.61. The molecule has 0 amide bonds. The maximum absolute atomic E-state index is 12.9. The van der Waals surface area contributed by atoms with E-state index in [0.29, 0.717) is 12.7 Å². The smallest absolute Gasteiger partial charge is 0.146 e. The van der Waals surface area contributed by atoms with E-state index in [-0.39, 0.29) is 22.3 Å². The van der Waals surface area contributed by atoms with E-state index in [0.717, 1.165) is 24.3 Å². The van der Waals surface area contributed by atoms with Crippen LogP contribution in [-0.4, -0.2) is 35.3 Å². The predicted molar refractivity (Wildman–Crippen MR) is 113 cm³/mol. The van der Waals surface area contributed by atoms with E-state index in [1.165, 1.54) is 5.56 Å². The zero-order valence-corrected chi connectivity index (χ0v) is 19.0. The van der Waals surface area contributed by atoms with E-state index in [1.807, 2.05) is 32.9 Å². The van der Waals surface area contributed by atoms with E-state index in [4.69, 9.17) is 21.1 Å². The first-order chi connectivity index (χ1) is 12.6. The molecule has 1 fully saturated rings. The molecule has 0 aliphatic heterocycles. The van der Waals surface area contributed by atoms with E-state index in [9.17, 15) is 4.55 Å². The molecule has 1 unspecified atom stereocenters. The quantitative estimate of drug-likeness (QED) is 0.463. The summed E-state index contributed by atoms with van der Waals surface area (Å²) in [6.45, 7) is 10.7. The number of benzene rings is 1. The molecule has 2 rings (SSSR count). The van der Waals surface area contributed by atoms with Crippen LogP contribution >= 0.6 is 11.6 Å². The minimum Gasteiger partial charge on any atom is -0.598 e. The molecule has 6 heteroatoms. The van der Waals surface area contributed by atoms with Gasteiger partial charge in [-0.3, -0.25) is 0 Å². The highest BCUT2D eigenvalue weighted by atomic mass is 35.5. The van der Waals surface area contributed by atoms with Crippen molar-refractivity contribution in [1.82, 2.24) is 4.72 Å². The van der Waals surface area contributed by atoms with Crippen molar-refractivity contribution in [2.24, 2.45) is 5.92 Å². The Hall–Kier alpha value is -0.300. The molecule has 1 aromatic rings. The van der Waals surface area contributed by atoms with Crippen LogP contribution in [-0.2, 0) is 26.3 Å². The van der Waals surface area contributed by atoms with Crippen molar-refractivity contribution in [3.05, 3.63) is 34.9 Å². The van der Waals surface area contributed by atoms with Gasteiger partial charge in [0, 0.05) is 28.9 Å². The zero-order valence-electron chi connectivity index (χ0n) is 17.4. The Kier molecular flexibility index (Phi) is 8.06. The highest BCUT2D eigenvalue weighted by Gasteiger charge is 2.53. The van der Waals surface area contributed by atoms with Crippen molar-refractivity contribution in [3.8, 4) is 0 Å². The molecule has 0 bridgehead atoms. The van der Waals surface area contributed by atoms with Gasteiger partial charge in [0.05, 0.1) is 12.1 Å². The average molecular weight is 416 g/mol. The van der Waals surface area contributed by atoms with Gasteiger partial charge < -0.3 is 14.0 Å². The van der Waals surface area contributed by atoms with Crippen LogP contribution in [0.2, 0.25) is 5.02 Å². The van der Waals surface area contributed by atoms with Crippen LogP contribution in [0.15, 0.2) is 24.3 Å². The van der Waals surface area contributed by atoms with Crippen LogP contribution in [0.25, 0.3) is 0 Å². The first-order valence-corrected chi connectivity index (χ1v) is 11.2. The summed E-state index contributed by atoms with van der Waals surface area (Å²) in [6.07, 6.45) is 2.86. The minimum atomic E-state index is -1.13. The van der Waals surface area contributed by atoms with Crippen molar-refractivity contribution in [2.75, 3.05) is 13.9 Å². The largest absolute Gasteiger partial charge is 0.598 e. The molecule has 0 heterocycles. The maximum Gasteiger partial charge on any atom is 0.146 e. The summed E-state index contributed by atoms with van der Waals surface area (Å²) in [6, 6.07) is 8.18. The summed E-state index contributed by atoms with van der Waals surface area (Å²) in [5, 5.41) is 0.729. The Labute approximate surface area is 172 Å². The van der Waals surface area contributed by atoms with Gasteiger partial charge in [0.15, 0.2) is 0 Å². The third-order valence-electron chi connectivity index (χ3n) is 5.20. The van der Waals surface area contributed by atoms with Crippen molar-refractivity contribution < 1.29 is 14.0 Å². The van der Waals surface area contributed by atoms with Gasteiger partial charge in [0.1, 0.15) is 11.5 Å². The molecular formula is C21H34ClNO3S. The molecule has 1 aliphatic carbocycles. The second-order valence-corrected chi connectivity index (χ2v) is 11.4. The number of methoxy groups -OCH3 is 1. The topological polar surface area (TPSA) is 53.5 Å².